The van der Waals surface area contributed by atoms with E-state index in [0.717, 1.165) is 37.3 Å². The second-order valence-electron chi connectivity index (χ2n) is 6.58. The summed E-state index contributed by atoms with van der Waals surface area (Å²) in [6.45, 7) is 2.26. The normalized spacial score (nSPS) is 26.0. The van der Waals surface area contributed by atoms with Gasteiger partial charge in [-0.05, 0) is 45.4 Å². The van der Waals surface area contributed by atoms with Gasteiger partial charge < -0.3 is 10.4 Å². The molecule has 1 fully saturated rings. The Kier molecular flexibility index (Phi) is 4.73. The number of aliphatic hydroxyl groups is 1. The molecule has 1 heterocycles. The van der Waals surface area contributed by atoms with Gasteiger partial charge in [0, 0.05) is 29.8 Å². The van der Waals surface area contributed by atoms with Crippen molar-refractivity contribution in [1.29, 1.82) is 0 Å². The van der Waals surface area contributed by atoms with Gasteiger partial charge in [0.15, 0.2) is 0 Å². The Hall–Kier alpha value is -1.16. The number of aromatic nitrogens is 2. The average Bonchev–Trinajstić information content (AvgIpc) is 2.72. The summed E-state index contributed by atoms with van der Waals surface area (Å²) in [6, 6.07) is 0.359. The third kappa shape index (κ3) is 3.37. The monoisotopic (exact) mass is 289 g/mol. The predicted octanol–water partition coefficient (Wildman–Crippen LogP) is 3.02. The van der Waals surface area contributed by atoms with Gasteiger partial charge in [0.2, 0.25) is 0 Å². The summed E-state index contributed by atoms with van der Waals surface area (Å²) in [5.74, 6) is 2.27. The van der Waals surface area contributed by atoms with Crippen LogP contribution in [0.2, 0.25) is 0 Å². The van der Waals surface area contributed by atoms with E-state index in [2.05, 4.69) is 15.3 Å². The Labute approximate surface area is 127 Å². The zero-order valence-corrected chi connectivity index (χ0v) is 13.1. The maximum absolute atomic E-state index is 9.68. The minimum absolute atomic E-state index is 0.282. The van der Waals surface area contributed by atoms with E-state index in [0.29, 0.717) is 12.0 Å². The van der Waals surface area contributed by atoms with Gasteiger partial charge in [0.1, 0.15) is 11.6 Å². The quantitative estimate of drug-likeness (QED) is 0.840. The number of rotatable bonds is 3. The SMILES string of the molecule is Cc1nc2c(c(NC3CCCCCC3CO)n1)CCCC2. The summed E-state index contributed by atoms with van der Waals surface area (Å²) in [7, 11) is 0. The summed E-state index contributed by atoms with van der Waals surface area (Å²) < 4.78 is 0. The molecule has 4 nitrogen and oxygen atoms in total. The van der Waals surface area contributed by atoms with Gasteiger partial charge >= 0.3 is 0 Å². The van der Waals surface area contributed by atoms with Gasteiger partial charge in [0.25, 0.3) is 0 Å². The molecule has 0 spiro atoms. The number of aryl methyl sites for hydroxylation is 2. The fraction of sp³-hybridized carbons (Fsp3) is 0.765. The highest BCUT2D eigenvalue weighted by Gasteiger charge is 2.25. The molecule has 0 amide bonds. The van der Waals surface area contributed by atoms with E-state index in [1.165, 1.54) is 43.4 Å². The highest BCUT2D eigenvalue weighted by molar-refractivity contribution is 5.48. The Morgan fingerprint density at radius 1 is 1.05 bits per heavy atom. The van der Waals surface area contributed by atoms with E-state index in [1.807, 2.05) is 6.92 Å². The van der Waals surface area contributed by atoms with Gasteiger partial charge in [0.05, 0.1) is 0 Å². The number of fused-ring (bicyclic) bond motifs is 1. The van der Waals surface area contributed by atoms with Crippen LogP contribution in [0.1, 0.15) is 62.0 Å². The molecule has 1 saturated carbocycles. The van der Waals surface area contributed by atoms with Crippen LogP contribution in [0.3, 0.4) is 0 Å². The first-order valence-corrected chi connectivity index (χ1v) is 8.51. The van der Waals surface area contributed by atoms with E-state index in [9.17, 15) is 5.11 Å². The average molecular weight is 289 g/mol. The van der Waals surface area contributed by atoms with Gasteiger partial charge in [-0.3, -0.25) is 0 Å². The van der Waals surface area contributed by atoms with Crippen LogP contribution in [0.4, 0.5) is 5.82 Å². The van der Waals surface area contributed by atoms with Gasteiger partial charge in [-0.25, -0.2) is 9.97 Å². The molecule has 21 heavy (non-hydrogen) atoms. The zero-order valence-electron chi connectivity index (χ0n) is 13.1. The third-order valence-electron chi connectivity index (χ3n) is 5.01. The second kappa shape index (κ2) is 6.73. The predicted molar refractivity (Wildman–Crippen MR) is 84.5 cm³/mol. The fourth-order valence-corrected chi connectivity index (χ4v) is 3.81. The first-order valence-electron chi connectivity index (χ1n) is 8.51. The van der Waals surface area contributed by atoms with Gasteiger partial charge in [-0.1, -0.05) is 19.3 Å². The largest absolute Gasteiger partial charge is 0.396 e. The number of nitrogens with zero attached hydrogens (tertiary/aromatic N) is 2. The summed E-state index contributed by atoms with van der Waals surface area (Å²) in [5, 5.41) is 13.4. The van der Waals surface area contributed by atoms with Crippen LogP contribution in [0.15, 0.2) is 0 Å². The Balaban J connectivity index is 1.84. The van der Waals surface area contributed by atoms with Crippen molar-refractivity contribution in [3.05, 3.63) is 17.1 Å². The molecule has 0 aliphatic heterocycles. The lowest BCUT2D eigenvalue weighted by atomic mass is 9.93. The molecule has 0 saturated heterocycles. The summed E-state index contributed by atoms with van der Waals surface area (Å²) in [4.78, 5) is 9.30. The Bertz CT molecular complexity index is 489. The summed E-state index contributed by atoms with van der Waals surface area (Å²) in [6.07, 6.45) is 10.7. The van der Waals surface area contributed by atoms with Crippen LogP contribution >= 0.6 is 0 Å². The van der Waals surface area contributed by atoms with Crippen LogP contribution < -0.4 is 5.32 Å². The molecule has 3 rings (SSSR count). The van der Waals surface area contributed by atoms with Crippen molar-refractivity contribution >= 4 is 5.82 Å². The lowest BCUT2D eigenvalue weighted by Gasteiger charge is -2.27. The van der Waals surface area contributed by atoms with Crippen LogP contribution in [0.5, 0.6) is 0 Å². The van der Waals surface area contributed by atoms with E-state index in [-0.39, 0.29) is 6.61 Å². The molecule has 116 valence electrons. The topological polar surface area (TPSA) is 58.0 Å². The van der Waals surface area contributed by atoms with Crippen molar-refractivity contribution < 1.29 is 5.11 Å². The smallest absolute Gasteiger partial charge is 0.133 e. The standard InChI is InChI=1S/C17H27N3O/c1-12-18-16-10-6-5-8-14(16)17(19-12)20-15-9-4-2-3-7-13(15)11-21/h13,15,21H,2-11H2,1H3,(H,18,19,20). The Morgan fingerprint density at radius 3 is 2.71 bits per heavy atom. The van der Waals surface area contributed by atoms with E-state index < -0.39 is 0 Å². The molecule has 1 aromatic rings. The molecular weight excluding hydrogens is 262 g/mol. The summed E-state index contributed by atoms with van der Waals surface area (Å²) in [5.41, 5.74) is 2.57. The van der Waals surface area contributed by atoms with E-state index >= 15 is 0 Å². The summed E-state index contributed by atoms with van der Waals surface area (Å²) >= 11 is 0. The fourth-order valence-electron chi connectivity index (χ4n) is 3.81. The molecule has 4 heteroatoms. The van der Waals surface area contributed by atoms with Gasteiger partial charge in [-0.2, -0.15) is 0 Å². The lowest BCUT2D eigenvalue weighted by molar-refractivity contribution is 0.203. The molecule has 2 unspecified atom stereocenters. The molecule has 2 aliphatic rings. The number of anilines is 1. The Morgan fingerprint density at radius 2 is 1.86 bits per heavy atom. The van der Waals surface area contributed by atoms with Gasteiger partial charge in [-0.15, -0.1) is 0 Å². The number of hydrogen-bond acceptors (Lipinski definition) is 4. The minimum Gasteiger partial charge on any atom is -0.396 e. The van der Waals surface area contributed by atoms with Crippen molar-refractivity contribution in [2.24, 2.45) is 5.92 Å². The van der Waals surface area contributed by atoms with E-state index in [4.69, 9.17) is 0 Å². The molecule has 0 bridgehead atoms. The van der Waals surface area contributed by atoms with Crippen LogP contribution in [-0.4, -0.2) is 27.7 Å². The van der Waals surface area contributed by atoms with Crippen molar-refractivity contribution in [3.8, 4) is 0 Å². The molecule has 2 aliphatic carbocycles. The van der Waals surface area contributed by atoms with Crippen LogP contribution in [0, 0.1) is 12.8 Å². The number of aliphatic hydroxyl groups excluding tert-OH is 1. The molecule has 0 aromatic carbocycles. The van der Waals surface area contributed by atoms with Crippen molar-refractivity contribution in [3.63, 3.8) is 0 Å². The maximum Gasteiger partial charge on any atom is 0.133 e. The first-order chi connectivity index (χ1) is 10.3. The molecule has 0 radical (unpaired) electrons. The first kappa shape index (κ1) is 14.8. The molecule has 1 aromatic heterocycles. The van der Waals surface area contributed by atoms with E-state index in [1.54, 1.807) is 0 Å². The molecular formula is C17H27N3O. The zero-order chi connectivity index (χ0) is 14.7. The van der Waals surface area contributed by atoms with Crippen LogP contribution in [-0.2, 0) is 12.8 Å². The minimum atomic E-state index is 0.282. The maximum atomic E-state index is 9.68. The second-order valence-corrected chi connectivity index (χ2v) is 6.58. The van der Waals surface area contributed by atoms with Crippen molar-refractivity contribution in [1.82, 2.24) is 9.97 Å². The number of hydrogen-bond donors (Lipinski definition) is 2. The molecule has 2 atom stereocenters. The van der Waals surface area contributed by atoms with Crippen LogP contribution in [0.25, 0.3) is 0 Å². The lowest BCUT2D eigenvalue weighted by Crippen LogP contribution is -2.32. The highest BCUT2D eigenvalue weighted by atomic mass is 16.3. The molecule has 2 N–H and O–H groups in total. The third-order valence-corrected chi connectivity index (χ3v) is 5.01. The van der Waals surface area contributed by atoms with Crippen molar-refractivity contribution in [2.75, 3.05) is 11.9 Å². The number of nitrogens with one attached hydrogen (secondary N) is 1. The highest BCUT2D eigenvalue weighted by Crippen LogP contribution is 2.30. The van der Waals surface area contributed by atoms with Crippen molar-refractivity contribution in [2.45, 2.75) is 70.8 Å².